The standard InChI is InChI=1S/C14H19NO3S/c1-10(8-12-5-3-7-19-12)13(16)15-6-2-4-11(9-15)14(17)18/h3,5,7,10-11H,2,4,6,8-9H2,1H3,(H,17,18). The van der Waals surface area contributed by atoms with Gasteiger partial charge in [-0.3, -0.25) is 9.59 Å². The Morgan fingerprint density at radius 1 is 1.58 bits per heavy atom. The fraction of sp³-hybridized carbons (Fsp3) is 0.571. The van der Waals surface area contributed by atoms with Gasteiger partial charge in [-0.05, 0) is 30.7 Å². The maximum atomic E-state index is 12.3. The average Bonchev–Trinajstić information content (AvgIpc) is 2.90. The van der Waals surface area contributed by atoms with E-state index in [1.54, 1.807) is 16.2 Å². The van der Waals surface area contributed by atoms with E-state index in [1.807, 2.05) is 24.4 Å². The van der Waals surface area contributed by atoms with Crippen LogP contribution in [-0.4, -0.2) is 35.0 Å². The van der Waals surface area contributed by atoms with Crippen LogP contribution < -0.4 is 0 Å². The lowest BCUT2D eigenvalue weighted by atomic mass is 9.96. The molecule has 2 unspecified atom stereocenters. The van der Waals surface area contributed by atoms with E-state index in [4.69, 9.17) is 5.11 Å². The van der Waals surface area contributed by atoms with Crippen LogP contribution in [-0.2, 0) is 16.0 Å². The minimum absolute atomic E-state index is 0.0776. The highest BCUT2D eigenvalue weighted by Crippen LogP contribution is 2.21. The quantitative estimate of drug-likeness (QED) is 0.921. The van der Waals surface area contributed by atoms with Gasteiger partial charge in [-0.15, -0.1) is 11.3 Å². The summed E-state index contributed by atoms with van der Waals surface area (Å²) in [6, 6.07) is 4.02. The largest absolute Gasteiger partial charge is 0.481 e. The SMILES string of the molecule is CC(Cc1cccs1)C(=O)N1CCCC(C(=O)O)C1. The number of carbonyl (C=O) groups excluding carboxylic acids is 1. The molecule has 19 heavy (non-hydrogen) atoms. The first kappa shape index (κ1) is 14.1. The summed E-state index contributed by atoms with van der Waals surface area (Å²) in [5.74, 6) is -1.18. The van der Waals surface area contributed by atoms with E-state index in [9.17, 15) is 9.59 Å². The predicted molar refractivity (Wildman–Crippen MR) is 74.1 cm³/mol. The van der Waals surface area contributed by atoms with E-state index in [0.29, 0.717) is 19.5 Å². The number of rotatable bonds is 4. The molecule has 1 aliphatic rings. The number of carboxylic acid groups (broad SMARTS) is 1. The van der Waals surface area contributed by atoms with Crippen LogP contribution in [0, 0.1) is 11.8 Å². The normalized spacial score (nSPS) is 21.1. The molecule has 1 amide bonds. The first-order valence-electron chi connectivity index (χ1n) is 6.62. The third kappa shape index (κ3) is 3.56. The van der Waals surface area contributed by atoms with Gasteiger partial charge in [0, 0.05) is 23.9 Å². The Kier molecular flexibility index (Phi) is 4.58. The van der Waals surface area contributed by atoms with E-state index in [2.05, 4.69) is 0 Å². The molecule has 1 aliphatic heterocycles. The van der Waals surface area contributed by atoms with Crippen molar-refractivity contribution in [3.8, 4) is 0 Å². The van der Waals surface area contributed by atoms with Gasteiger partial charge in [-0.1, -0.05) is 13.0 Å². The van der Waals surface area contributed by atoms with Crippen LogP contribution >= 0.6 is 11.3 Å². The summed E-state index contributed by atoms with van der Waals surface area (Å²) in [6.07, 6.45) is 2.21. The van der Waals surface area contributed by atoms with Crippen molar-refractivity contribution in [1.29, 1.82) is 0 Å². The van der Waals surface area contributed by atoms with Crippen LogP contribution in [0.5, 0.6) is 0 Å². The molecule has 2 heterocycles. The molecule has 0 radical (unpaired) electrons. The van der Waals surface area contributed by atoms with Gasteiger partial charge in [0.2, 0.25) is 5.91 Å². The molecule has 2 atom stereocenters. The maximum Gasteiger partial charge on any atom is 0.308 e. The number of carboxylic acids is 1. The molecule has 0 bridgehead atoms. The first-order valence-corrected chi connectivity index (χ1v) is 7.50. The van der Waals surface area contributed by atoms with Gasteiger partial charge in [0.25, 0.3) is 0 Å². The highest BCUT2D eigenvalue weighted by molar-refractivity contribution is 7.09. The summed E-state index contributed by atoms with van der Waals surface area (Å²) >= 11 is 1.66. The van der Waals surface area contributed by atoms with Crippen molar-refractivity contribution in [2.75, 3.05) is 13.1 Å². The van der Waals surface area contributed by atoms with Crippen molar-refractivity contribution in [3.63, 3.8) is 0 Å². The van der Waals surface area contributed by atoms with E-state index < -0.39 is 11.9 Å². The highest BCUT2D eigenvalue weighted by atomic mass is 32.1. The lowest BCUT2D eigenvalue weighted by Gasteiger charge is -2.32. The Morgan fingerprint density at radius 3 is 3.00 bits per heavy atom. The van der Waals surface area contributed by atoms with Gasteiger partial charge < -0.3 is 10.0 Å². The molecule has 1 N–H and O–H groups in total. The van der Waals surface area contributed by atoms with Crippen LogP contribution in [0.3, 0.4) is 0 Å². The summed E-state index contributed by atoms with van der Waals surface area (Å²) in [5.41, 5.74) is 0. The summed E-state index contributed by atoms with van der Waals surface area (Å²) < 4.78 is 0. The number of nitrogens with zero attached hydrogens (tertiary/aromatic N) is 1. The lowest BCUT2D eigenvalue weighted by molar-refractivity contribution is -0.146. The molecule has 104 valence electrons. The zero-order valence-corrected chi connectivity index (χ0v) is 11.9. The van der Waals surface area contributed by atoms with Gasteiger partial charge in [0.15, 0.2) is 0 Å². The number of hydrogen-bond donors (Lipinski definition) is 1. The van der Waals surface area contributed by atoms with E-state index >= 15 is 0 Å². The van der Waals surface area contributed by atoms with Crippen molar-refractivity contribution in [1.82, 2.24) is 4.90 Å². The summed E-state index contributed by atoms with van der Waals surface area (Å²) in [4.78, 5) is 26.3. The molecular formula is C14H19NO3S. The fourth-order valence-corrected chi connectivity index (χ4v) is 3.34. The molecule has 0 aromatic carbocycles. The smallest absolute Gasteiger partial charge is 0.308 e. The van der Waals surface area contributed by atoms with Crippen LogP contribution in [0.4, 0.5) is 0 Å². The molecule has 2 rings (SSSR count). The highest BCUT2D eigenvalue weighted by Gasteiger charge is 2.30. The van der Waals surface area contributed by atoms with E-state index in [-0.39, 0.29) is 11.8 Å². The van der Waals surface area contributed by atoms with Crippen LogP contribution in [0.1, 0.15) is 24.6 Å². The Labute approximate surface area is 117 Å². The van der Waals surface area contributed by atoms with Crippen LogP contribution in [0.15, 0.2) is 17.5 Å². The Bertz CT molecular complexity index is 444. The predicted octanol–water partition coefficient (Wildman–Crippen LogP) is 2.25. The number of likely N-dealkylation sites (tertiary alicyclic amines) is 1. The second-order valence-corrected chi connectivity index (χ2v) is 6.18. The molecule has 1 aromatic rings. The van der Waals surface area contributed by atoms with Crippen molar-refractivity contribution in [2.45, 2.75) is 26.2 Å². The number of amides is 1. The third-order valence-electron chi connectivity index (χ3n) is 3.59. The second kappa shape index (κ2) is 6.19. The third-order valence-corrected chi connectivity index (χ3v) is 4.49. The molecule has 5 heteroatoms. The molecule has 0 spiro atoms. The molecule has 1 fully saturated rings. The first-order chi connectivity index (χ1) is 9.08. The molecular weight excluding hydrogens is 262 g/mol. The molecule has 4 nitrogen and oxygen atoms in total. The number of carbonyl (C=O) groups is 2. The maximum absolute atomic E-state index is 12.3. The lowest BCUT2D eigenvalue weighted by Crippen LogP contribution is -2.44. The Morgan fingerprint density at radius 2 is 2.37 bits per heavy atom. The Balaban J connectivity index is 1.93. The van der Waals surface area contributed by atoms with Crippen LogP contribution in [0.2, 0.25) is 0 Å². The van der Waals surface area contributed by atoms with Gasteiger partial charge in [0.05, 0.1) is 5.92 Å². The number of hydrogen-bond acceptors (Lipinski definition) is 3. The molecule has 0 aliphatic carbocycles. The van der Waals surface area contributed by atoms with Gasteiger partial charge >= 0.3 is 5.97 Å². The molecule has 0 saturated carbocycles. The fourth-order valence-electron chi connectivity index (χ4n) is 2.51. The zero-order chi connectivity index (χ0) is 13.8. The van der Waals surface area contributed by atoms with Crippen molar-refractivity contribution >= 4 is 23.2 Å². The van der Waals surface area contributed by atoms with E-state index in [0.717, 1.165) is 12.8 Å². The van der Waals surface area contributed by atoms with Crippen LogP contribution in [0.25, 0.3) is 0 Å². The summed E-state index contributed by atoms with van der Waals surface area (Å²) in [7, 11) is 0. The van der Waals surface area contributed by atoms with Crippen molar-refractivity contribution < 1.29 is 14.7 Å². The van der Waals surface area contributed by atoms with E-state index in [1.165, 1.54) is 4.88 Å². The minimum atomic E-state index is -0.789. The summed E-state index contributed by atoms with van der Waals surface area (Å²) in [5, 5.41) is 11.1. The van der Waals surface area contributed by atoms with Gasteiger partial charge in [-0.25, -0.2) is 0 Å². The van der Waals surface area contributed by atoms with Gasteiger partial charge in [0.1, 0.15) is 0 Å². The molecule has 1 aromatic heterocycles. The topological polar surface area (TPSA) is 57.6 Å². The summed E-state index contributed by atoms with van der Waals surface area (Å²) in [6.45, 7) is 2.98. The molecule has 1 saturated heterocycles. The zero-order valence-electron chi connectivity index (χ0n) is 11.0. The van der Waals surface area contributed by atoms with Gasteiger partial charge in [-0.2, -0.15) is 0 Å². The second-order valence-electron chi connectivity index (χ2n) is 5.15. The van der Waals surface area contributed by atoms with Crippen molar-refractivity contribution in [2.24, 2.45) is 11.8 Å². The number of piperidine rings is 1. The Hall–Kier alpha value is -1.36. The number of aliphatic carboxylic acids is 1. The minimum Gasteiger partial charge on any atom is -0.481 e. The average molecular weight is 281 g/mol. The van der Waals surface area contributed by atoms with Crippen molar-refractivity contribution in [3.05, 3.63) is 22.4 Å². The number of thiophene rings is 1. The monoisotopic (exact) mass is 281 g/mol.